The minimum atomic E-state index is -0.101. The van der Waals surface area contributed by atoms with Crippen molar-refractivity contribution < 1.29 is 10.2 Å². The summed E-state index contributed by atoms with van der Waals surface area (Å²) in [6.07, 6.45) is 2.95. The summed E-state index contributed by atoms with van der Waals surface area (Å²) in [4.78, 5) is 0. The molecule has 2 heteroatoms. The second-order valence-corrected chi connectivity index (χ2v) is 8.46. The van der Waals surface area contributed by atoms with Gasteiger partial charge < -0.3 is 10.2 Å². The molecule has 0 fully saturated rings. The Bertz CT molecular complexity index is 448. The zero-order chi connectivity index (χ0) is 17.1. The Morgan fingerprint density at radius 3 is 1.68 bits per heavy atom. The minimum absolute atomic E-state index is 0.101. The molecule has 0 radical (unpaired) electrons. The molecular weight excluding hydrogens is 272 g/mol. The Labute approximate surface area is 136 Å². The number of benzene rings is 1. The van der Waals surface area contributed by atoms with Crippen molar-refractivity contribution in [2.45, 2.75) is 84.5 Å². The van der Waals surface area contributed by atoms with Crippen molar-refractivity contribution in [2.24, 2.45) is 0 Å². The van der Waals surface area contributed by atoms with Gasteiger partial charge in [0.2, 0.25) is 0 Å². The molecule has 0 amide bonds. The Balaban J connectivity index is 3.52. The van der Waals surface area contributed by atoms with Crippen LogP contribution in [0, 0.1) is 0 Å². The van der Waals surface area contributed by atoms with Gasteiger partial charge in [0.15, 0.2) is 0 Å². The summed E-state index contributed by atoms with van der Waals surface area (Å²) < 4.78 is 0. The molecule has 0 aromatic heterocycles. The largest absolute Gasteiger partial charge is 0.507 e. The fraction of sp³-hybridized carbons (Fsp3) is 0.700. The molecule has 1 unspecified atom stereocenters. The monoisotopic (exact) mass is 306 g/mol. The molecule has 2 N–H and O–H groups in total. The summed E-state index contributed by atoms with van der Waals surface area (Å²) in [5.41, 5.74) is 3.07. The number of phenols is 1. The van der Waals surface area contributed by atoms with Crippen molar-refractivity contribution >= 4 is 0 Å². The predicted octanol–water partition coefficient (Wildman–Crippen LogP) is 5.25. The van der Waals surface area contributed by atoms with Crippen LogP contribution in [0.3, 0.4) is 0 Å². The summed E-state index contributed by atoms with van der Waals surface area (Å²) >= 11 is 0. The van der Waals surface area contributed by atoms with Crippen molar-refractivity contribution in [1.82, 2.24) is 0 Å². The second kappa shape index (κ2) is 7.04. The number of hydrogen-bond donors (Lipinski definition) is 2. The van der Waals surface area contributed by atoms with E-state index < -0.39 is 0 Å². The number of aliphatic hydroxyl groups excluding tert-OH is 1. The summed E-state index contributed by atoms with van der Waals surface area (Å²) in [5.74, 6) is 0.792. The molecule has 1 atom stereocenters. The van der Waals surface area contributed by atoms with E-state index in [4.69, 9.17) is 0 Å². The van der Waals surface area contributed by atoms with Crippen molar-refractivity contribution in [1.29, 1.82) is 0 Å². The molecule has 0 saturated heterocycles. The molecule has 22 heavy (non-hydrogen) atoms. The van der Waals surface area contributed by atoms with E-state index in [9.17, 15) is 10.2 Å². The molecule has 126 valence electrons. The third kappa shape index (κ3) is 4.49. The van der Waals surface area contributed by atoms with Crippen molar-refractivity contribution in [3.63, 3.8) is 0 Å². The number of aliphatic hydroxyl groups is 1. The third-order valence-corrected chi connectivity index (χ3v) is 4.33. The summed E-state index contributed by atoms with van der Waals surface area (Å²) in [7, 11) is 0. The number of aromatic hydroxyl groups is 1. The first-order chi connectivity index (χ1) is 10.0. The van der Waals surface area contributed by atoms with Crippen LogP contribution in [-0.4, -0.2) is 16.8 Å². The average Bonchev–Trinajstić information content (AvgIpc) is 2.36. The van der Waals surface area contributed by atoms with Crippen LogP contribution in [0.4, 0.5) is 0 Å². The minimum Gasteiger partial charge on any atom is -0.507 e. The van der Waals surface area contributed by atoms with Crippen LogP contribution in [-0.2, 0) is 10.8 Å². The first kappa shape index (κ1) is 19.0. The summed E-state index contributed by atoms with van der Waals surface area (Å²) in [6.45, 7) is 15.2. The van der Waals surface area contributed by atoms with E-state index in [0.29, 0.717) is 11.7 Å². The van der Waals surface area contributed by atoms with Gasteiger partial charge in [0.25, 0.3) is 0 Å². The van der Waals surface area contributed by atoms with Gasteiger partial charge in [-0.15, -0.1) is 0 Å². The van der Waals surface area contributed by atoms with E-state index in [1.165, 1.54) is 5.56 Å². The van der Waals surface area contributed by atoms with Gasteiger partial charge in [-0.2, -0.15) is 0 Å². The second-order valence-electron chi connectivity index (χ2n) is 8.46. The molecule has 2 nitrogen and oxygen atoms in total. The predicted molar refractivity (Wildman–Crippen MR) is 94.9 cm³/mol. The molecule has 1 aromatic carbocycles. The first-order valence-electron chi connectivity index (χ1n) is 8.51. The van der Waals surface area contributed by atoms with E-state index in [0.717, 1.165) is 30.4 Å². The van der Waals surface area contributed by atoms with Crippen molar-refractivity contribution in [3.8, 4) is 5.75 Å². The van der Waals surface area contributed by atoms with E-state index in [-0.39, 0.29) is 17.4 Å². The number of phenolic OH excluding ortho intramolecular Hbond substituents is 1. The van der Waals surface area contributed by atoms with Gasteiger partial charge in [-0.05, 0) is 46.3 Å². The maximum Gasteiger partial charge on any atom is 0.123 e. The van der Waals surface area contributed by atoms with Crippen LogP contribution >= 0.6 is 0 Å². The van der Waals surface area contributed by atoms with Crippen LogP contribution < -0.4 is 0 Å². The zero-order valence-corrected chi connectivity index (χ0v) is 15.5. The normalized spacial score (nSPS) is 14.2. The van der Waals surface area contributed by atoms with Crippen molar-refractivity contribution in [2.75, 3.05) is 6.61 Å². The molecule has 0 aliphatic heterocycles. The standard InChI is InChI=1S/C20H34O2/c1-8-9-14(10-11-21)15-12-16(19(2,3)4)18(22)17(13-15)20(5,6)7/h12-14,21-22H,8-11H2,1-7H3. The lowest BCUT2D eigenvalue weighted by Gasteiger charge is -2.30. The lowest BCUT2D eigenvalue weighted by atomic mass is 9.76. The lowest BCUT2D eigenvalue weighted by molar-refractivity contribution is 0.272. The van der Waals surface area contributed by atoms with Crippen LogP contribution in [0.2, 0.25) is 0 Å². The van der Waals surface area contributed by atoms with E-state index in [1.807, 2.05) is 0 Å². The quantitative estimate of drug-likeness (QED) is 0.779. The molecule has 0 aliphatic rings. The van der Waals surface area contributed by atoms with E-state index in [1.54, 1.807) is 0 Å². The third-order valence-electron chi connectivity index (χ3n) is 4.33. The smallest absolute Gasteiger partial charge is 0.123 e. The molecule has 0 spiro atoms. The number of rotatable bonds is 5. The maximum atomic E-state index is 10.8. The van der Waals surface area contributed by atoms with Crippen LogP contribution in [0.25, 0.3) is 0 Å². The highest BCUT2D eigenvalue weighted by Crippen LogP contribution is 2.42. The Morgan fingerprint density at radius 2 is 1.36 bits per heavy atom. The fourth-order valence-electron chi connectivity index (χ4n) is 3.02. The van der Waals surface area contributed by atoms with Gasteiger partial charge in [-0.25, -0.2) is 0 Å². The van der Waals surface area contributed by atoms with Gasteiger partial charge in [0.1, 0.15) is 5.75 Å². The van der Waals surface area contributed by atoms with Crippen molar-refractivity contribution in [3.05, 3.63) is 28.8 Å². The first-order valence-corrected chi connectivity index (χ1v) is 8.51. The highest BCUT2D eigenvalue weighted by Gasteiger charge is 2.27. The molecule has 1 aromatic rings. The SMILES string of the molecule is CCCC(CCO)c1cc(C(C)(C)C)c(O)c(C(C)(C)C)c1. The van der Waals surface area contributed by atoms with Crippen LogP contribution in [0.15, 0.2) is 12.1 Å². The molecule has 0 bridgehead atoms. The number of hydrogen-bond acceptors (Lipinski definition) is 2. The van der Waals surface area contributed by atoms with Gasteiger partial charge in [-0.3, -0.25) is 0 Å². The average molecular weight is 306 g/mol. The Hall–Kier alpha value is -1.02. The lowest BCUT2D eigenvalue weighted by Crippen LogP contribution is -2.18. The highest BCUT2D eigenvalue weighted by molar-refractivity contribution is 5.50. The van der Waals surface area contributed by atoms with Crippen LogP contribution in [0.1, 0.15) is 90.3 Å². The Morgan fingerprint density at radius 1 is 0.909 bits per heavy atom. The van der Waals surface area contributed by atoms with E-state index in [2.05, 4.69) is 60.6 Å². The van der Waals surface area contributed by atoms with Crippen LogP contribution in [0.5, 0.6) is 5.75 Å². The van der Waals surface area contributed by atoms with Gasteiger partial charge >= 0.3 is 0 Å². The summed E-state index contributed by atoms with van der Waals surface area (Å²) in [6, 6.07) is 4.31. The zero-order valence-electron chi connectivity index (χ0n) is 15.5. The molecular formula is C20H34O2. The molecule has 1 rings (SSSR count). The maximum absolute atomic E-state index is 10.8. The molecule has 0 aliphatic carbocycles. The topological polar surface area (TPSA) is 40.5 Å². The molecule has 0 heterocycles. The van der Waals surface area contributed by atoms with E-state index >= 15 is 0 Å². The highest BCUT2D eigenvalue weighted by atomic mass is 16.3. The fourth-order valence-corrected chi connectivity index (χ4v) is 3.02. The molecule has 0 saturated carbocycles. The Kier molecular flexibility index (Phi) is 6.09. The van der Waals surface area contributed by atoms with Gasteiger partial charge in [-0.1, -0.05) is 67.0 Å². The summed E-state index contributed by atoms with van der Waals surface area (Å²) in [5, 5.41) is 20.2. The van der Waals surface area contributed by atoms with Gasteiger partial charge in [0, 0.05) is 6.61 Å². The van der Waals surface area contributed by atoms with Gasteiger partial charge in [0.05, 0.1) is 0 Å².